The lowest BCUT2D eigenvalue weighted by atomic mass is 10.1. The van der Waals surface area contributed by atoms with Crippen LogP contribution in [0.2, 0.25) is 0 Å². The van der Waals surface area contributed by atoms with Gasteiger partial charge in [0.1, 0.15) is 0 Å². The number of hydrogen-bond acceptors (Lipinski definition) is 3. The highest BCUT2D eigenvalue weighted by Crippen LogP contribution is 2.17. The van der Waals surface area contributed by atoms with Gasteiger partial charge in [0, 0.05) is 11.4 Å². The van der Waals surface area contributed by atoms with Crippen LogP contribution in [0.4, 0.5) is 5.69 Å². The molecule has 2 rings (SSSR count). The van der Waals surface area contributed by atoms with Gasteiger partial charge in [-0.2, -0.15) is 5.10 Å². The Bertz CT molecular complexity index is 575. The van der Waals surface area contributed by atoms with E-state index >= 15 is 0 Å². The number of anilines is 1. The van der Waals surface area contributed by atoms with Crippen LogP contribution in [0.3, 0.4) is 0 Å². The Morgan fingerprint density at radius 2 is 2.17 bits per heavy atom. The number of aryl methyl sites for hydroxylation is 2. The van der Waals surface area contributed by atoms with Gasteiger partial charge in [-0.25, -0.2) is 0 Å². The molecule has 0 saturated heterocycles. The van der Waals surface area contributed by atoms with E-state index in [1.54, 1.807) is 12.1 Å². The van der Waals surface area contributed by atoms with E-state index in [2.05, 4.69) is 15.5 Å². The summed E-state index contributed by atoms with van der Waals surface area (Å²) in [5.74, 6) is -0.266. The Hall–Kier alpha value is -2.14. The molecular formula is C13H15N3O2. The second-order valence-corrected chi connectivity index (χ2v) is 4.20. The Balaban J connectivity index is 2.21. The topological polar surface area (TPSA) is 78.0 Å². The lowest BCUT2D eigenvalue weighted by Gasteiger charge is -2.08. The first-order valence-electron chi connectivity index (χ1n) is 5.64. The number of hydrogen-bond donors (Lipinski definition) is 3. The average Bonchev–Trinajstić information content (AvgIpc) is 2.79. The van der Waals surface area contributed by atoms with Crippen molar-refractivity contribution in [2.75, 3.05) is 5.32 Å². The number of benzene rings is 1. The first-order chi connectivity index (χ1) is 8.60. The number of nitrogens with zero attached hydrogens (tertiary/aromatic N) is 1. The van der Waals surface area contributed by atoms with E-state index < -0.39 is 0 Å². The second kappa shape index (κ2) is 5.01. The quantitative estimate of drug-likeness (QED) is 0.771. The Labute approximate surface area is 105 Å². The molecule has 5 nitrogen and oxygen atoms in total. The summed E-state index contributed by atoms with van der Waals surface area (Å²) in [5, 5.41) is 18.5. The van der Waals surface area contributed by atoms with Crippen molar-refractivity contribution in [3.05, 3.63) is 46.8 Å². The zero-order chi connectivity index (χ0) is 13.1. The molecule has 1 heterocycles. The van der Waals surface area contributed by atoms with Gasteiger partial charge >= 0.3 is 0 Å². The highest BCUT2D eigenvalue weighted by molar-refractivity contribution is 6.03. The van der Waals surface area contributed by atoms with Crippen LogP contribution in [-0.2, 0) is 6.61 Å². The summed E-state index contributed by atoms with van der Waals surface area (Å²) in [6.07, 6.45) is 0. The van der Waals surface area contributed by atoms with E-state index in [1.165, 1.54) is 0 Å². The number of H-pyrrole nitrogens is 1. The highest BCUT2D eigenvalue weighted by Gasteiger charge is 2.11. The smallest absolute Gasteiger partial charge is 0.276 e. The van der Waals surface area contributed by atoms with Crippen LogP contribution in [0, 0.1) is 13.8 Å². The van der Waals surface area contributed by atoms with Crippen LogP contribution in [0.5, 0.6) is 0 Å². The summed E-state index contributed by atoms with van der Waals surface area (Å²) >= 11 is 0. The number of nitrogens with one attached hydrogen (secondary N) is 2. The maximum atomic E-state index is 11.9. The van der Waals surface area contributed by atoms with Crippen LogP contribution in [0.15, 0.2) is 24.3 Å². The molecule has 0 fully saturated rings. The molecule has 0 bridgehead atoms. The lowest BCUT2D eigenvalue weighted by Crippen LogP contribution is -2.13. The van der Waals surface area contributed by atoms with Crippen molar-refractivity contribution in [1.29, 1.82) is 0 Å². The highest BCUT2D eigenvalue weighted by atomic mass is 16.3. The molecule has 1 aromatic heterocycles. The number of amides is 1. The molecule has 0 aliphatic rings. The molecular weight excluding hydrogens is 230 g/mol. The molecule has 3 N–H and O–H groups in total. The molecule has 94 valence electrons. The standard InChI is InChI=1S/C13H15N3O2/c1-8-3-4-10(7-17)6-11(8)14-13(18)12-5-9(2)15-16-12/h3-6,17H,7H2,1-2H3,(H,14,18)(H,15,16). The summed E-state index contributed by atoms with van der Waals surface area (Å²) in [5.41, 5.74) is 3.57. The molecule has 0 atom stereocenters. The van der Waals surface area contributed by atoms with Crippen LogP contribution >= 0.6 is 0 Å². The largest absolute Gasteiger partial charge is 0.392 e. The van der Waals surface area contributed by atoms with Gasteiger partial charge in [-0.3, -0.25) is 9.89 Å². The Kier molecular flexibility index (Phi) is 3.43. The fraction of sp³-hybridized carbons (Fsp3) is 0.231. The van der Waals surface area contributed by atoms with Gasteiger partial charge in [0.15, 0.2) is 5.69 Å². The van der Waals surface area contributed by atoms with Gasteiger partial charge in [-0.05, 0) is 37.1 Å². The zero-order valence-corrected chi connectivity index (χ0v) is 10.3. The zero-order valence-electron chi connectivity index (χ0n) is 10.3. The number of aromatic nitrogens is 2. The maximum absolute atomic E-state index is 11.9. The molecule has 18 heavy (non-hydrogen) atoms. The molecule has 0 spiro atoms. The second-order valence-electron chi connectivity index (χ2n) is 4.20. The van der Waals surface area contributed by atoms with E-state index in [1.807, 2.05) is 26.0 Å². The van der Waals surface area contributed by atoms with Crippen LogP contribution in [-0.4, -0.2) is 21.2 Å². The number of aliphatic hydroxyl groups excluding tert-OH is 1. The number of aliphatic hydroxyl groups is 1. The Morgan fingerprint density at radius 1 is 1.39 bits per heavy atom. The third-order valence-corrected chi connectivity index (χ3v) is 2.67. The molecule has 1 aromatic carbocycles. The predicted molar refractivity (Wildman–Crippen MR) is 68.4 cm³/mol. The monoisotopic (exact) mass is 245 g/mol. The van der Waals surface area contributed by atoms with Crippen molar-refractivity contribution in [3.63, 3.8) is 0 Å². The molecule has 0 aliphatic heterocycles. The normalized spacial score (nSPS) is 10.4. The van der Waals surface area contributed by atoms with Crippen LogP contribution in [0.1, 0.15) is 27.3 Å². The summed E-state index contributed by atoms with van der Waals surface area (Å²) in [7, 11) is 0. The van der Waals surface area contributed by atoms with E-state index in [0.29, 0.717) is 11.4 Å². The van der Waals surface area contributed by atoms with Gasteiger partial charge in [0.05, 0.1) is 6.61 Å². The molecule has 0 radical (unpaired) electrons. The predicted octanol–water partition coefficient (Wildman–Crippen LogP) is 1.77. The minimum atomic E-state index is -0.266. The van der Waals surface area contributed by atoms with Crippen molar-refractivity contribution >= 4 is 11.6 Å². The van der Waals surface area contributed by atoms with Crippen molar-refractivity contribution in [1.82, 2.24) is 10.2 Å². The minimum Gasteiger partial charge on any atom is -0.392 e. The Morgan fingerprint density at radius 3 is 2.78 bits per heavy atom. The fourth-order valence-corrected chi connectivity index (χ4v) is 1.62. The molecule has 0 aliphatic carbocycles. The number of rotatable bonds is 3. The number of carbonyl (C=O) groups is 1. The van der Waals surface area contributed by atoms with Crippen LogP contribution < -0.4 is 5.32 Å². The third kappa shape index (κ3) is 2.57. The molecule has 1 amide bonds. The van der Waals surface area contributed by atoms with Gasteiger partial charge in [-0.1, -0.05) is 12.1 Å². The maximum Gasteiger partial charge on any atom is 0.276 e. The molecule has 0 unspecified atom stereocenters. The number of carbonyl (C=O) groups excluding carboxylic acids is 1. The van der Waals surface area contributed by atoms with Crippen LogP contribution in [0.25, 0.3) is 0 Å². The average molecular weight is 245 g/mol. The van der Waals surface area contributed by atoms with Crippen molar-refractivity contribution < 1.29 is 9.90 Å². The van der Waals surface area contributed by atoms with Gasteiger partial charge in [0.25, 0.3) is 5.91 Å². The fourth-order valence-electron chi connectivity index (χ4n) is 1.62. The van der Waals surface area contributed by atoms with E-state index in [4.69, 9.17) is 5.11 Å². The summed E-state index contributed by atoms with van der Waals surface area (Å²) in [4.78, 5) is 11.9. The van der Waals surface area contributed by atoms with Gasteiger partial charge < -0.3 is 10.4 Å². The number of aromatic amines is 1. The molecule has 0 saturated carbocycles. The SMILES string of the molecule is Cc1cc(C(=O)Nc2cc(CO)ccc2C)n[nH]1. The third-order valence-electron chi connectivity index (χ3n) is 2.67. The van der Waals surface area contributed by atoms with Crippen molar-refractivity contribution in [3.8, 4) is 0 Å². The van der Waals surface area contributed by atoms with E-state index in [-0.39, 0.29) is 12.5 Å². The summed E-state index contributed by atoms with van der Waals surface area (Å²) in [6.45, 7) is 3.68. The van der Waals surface area contributed by atoms with Crippen molar-refractivity contribution in [2.24, 2.45) is 0 Å². The van der Waals surface area contributed by atoms with Gasteiger partial charge in [-0.15, -0.1) is 0 Å². The minimum absolute atomic E-state index is 0.0509. The van der Waals surface area contributed by atoms with Crippen molar-refractivity contribution in [2.45, 2.75) is 20.5 Å². The van der Waals surface area contributed by atoms with E-state index in [9.17, 15) is 4.79 Å². The first kappa shape index (κ1) is 12.3. The lowest BCUT2D eigenvalue weighted by molar-refractivity contribution is 0.102. The molecule has 5 heteroatoms. The molecule has 2 aromatic rings. The van der Waals surface area contributed by atoms with Gasteiger partial charge in [0.2, 0.25) is 0 Å². The summed E-state index contributed by atoms with van der Waals surface area (Å²) in [6, 6.07) is 7.12. The first-order valence-corrected chi connectivity index (χ1v) is 5.64. The summed E-state index contributed by atoms with van der Waals surface area (Å²) < 4.78 is 0. The van der Waals surface area contributed by atoms with E-state index in [0.717, 1.165) is 16.8 Å².